The molecule has 2 aliphatic heterocycles. The van der Waals surface area contributed by atoms with Crippen LogP contribution in [-0.4, -0.2) is 54.7 Å². The summed E-state index contributed by atoms with van der Waals surface area (Å²) in [4.78, 5) is 25.5. The smallest absolute Gasteiger partial charge is 0.318 e. The number of urea groups is 2. The highest BCUT2D eigenvalue weighted by molar-refractivity contribution is 5.78. The first-order valence-corrected chi connectivity index (χ1v) is 4.33. The van der Waals surface area contributed by atoms with E-state index in [1.807, 2.05) is 0 Å². The van der Waals surface area contributed by atoms with Crippen LogP contribution in [0.1, 0.15) is 0 Å². The minimum atomic E-state index is -0.0836. The molecule has 0 unspecified atom stereocenters. The van der Waals surface area contributed by atoms with Crippen molar-refractivity contribution in [2.24, 2.45) is 0 Å². The summed E-state index contributed by atoms with van der Waals surface area (Å²) in [7, 11) is 0. The first kappa shape index (κ1) is 8.15. The van der Waals surface area contributed by atoms with Crippen molar-refractivity contribution in [2.45, 2.75) is 0 Å². The molecule has 2 N–H and O–H groups in total. The number of nitrogens with zero attached hydrogens (tertiary/aromatic N) is 2. The van der Waals surface area contributed by atoms with Crippen LogP contribution in [0.2, 0.25) is 0 Å². The van der Waals surface area contributed by atoms with Crippen LogP contribution in [0.15, 0.2) is 0 Å². The molecule has 0 aromatic carbocycles. The van der Waals surface area contributed by atoms with Crippen molar-refractivity contribution in [2.75, 3.05) is 32.8 Å². The summed E-state index contributed by atoms with van der Waals surface area (Å²) in [6.45, 7) is 3.12. The normalized spacial score (nSPS) is 22.2. The van der Waals surface area contributed by atoms with E-state index in [2.05, 4.69) is 10.6 Å². The van der Waals surface area contributed by atoms with E-state index >= 15 is 0 Å². The predicted octanol–water partition coefficient (Wildman–Crippen LogP) is -1.01. The highest BCUT2D eigenvalue weighted by Crippen LogP contribution is 2.02. The van der Waals surface area contributed by atoms with E-state index in [0.717, 1.165) is 0 Å². The first-order valence-electron chi connectivity index (χ1n) is 4.33. The van der Waals surface area contributed by atoms with E-state index < -0.39 is 0 Å². The van der Waals surface area contributed by atoms with Crippen LogP contribution in [-0.2, 0) is 0 Å². The van der Waals surface area contributed by atoms with E-state index in [1.54, 1.807) is 9.80 Å². The lowest BCUT2D eigenvalue weighted by molar-refractivity contribution is 0.173. The quantitative estimate of drug-likeness (QED) is 0.577. The van der Waals surface area contributed by atoms with Gasteiger partial charge in [0, 0.05) is 26.2 Å². The maximum absolute atomic E-state index is 11.1. The predicted molar refractivity (Wildman–Crippen MR) is 45.1 cm³/mol. The second kappa shape index (κ2) is 3.12. The van der Waals surface area contributed by atoms with Crippen LogP contribution in [0.4, 0.5) is 9.59 Å². The van der Waals surface area contributed by atoms with Gasteiger partial charge in [-0.1, -0.05) is 0 Å². The number of carbonyl (C=O) groups is 2. The molecule has 0 spiro atoms. The Balaban J connectivity index is 1.89. The highest BCUT2D eigenvalue weighted by Gasteiger charge is 2.26. The van der Waals surface area contributed by atoms with E-state index in [0.29, 0.717) is 32.8 Å². The minimum Gasteiger partial charge on any atom is -0.336 e. The fraction of sp³-hybridized carbons (Fsp3) is 0.714. The average Bonchev–Trinajstić information content (AvgIpc) is 2.65. The first-order chi connectivity index (χ1) is 6.27. The lowest BCUT2D eigenvalue weighted by Gasteiger charge is -2.21. The molecule has 2 saturated heterocycles. The maximum atomic E-state index is 11.1. The Bertz CT molecular complexity index is 219. The molecule has 72 valence electrons. The van der Waals surface area contributed by atoms with Gasteiger partial charge >= 0.3 is 12.1 Å². The van der Waals surface area contributed by atoms with Gasteiger partial charge in [-0.25, -0.2) is 9.59 Å². The summed E-state index contributed by atoms with van der Waals surface area (Å²) >= 11 is 0. The van der Waals surface area contributed by atoms with Crippen molar-refractivity contribution in [3.8, 4) is 0 Å². The summed E-state index contributed by atoms with van der Waals surface area (Å²) in [6.07, 6.45) is 0. The Morgan fingerprint density at radius 3 is 1.77 bits per heavy atom. The Morgan fingerprint density at radius 2 is 1.46 bits per heavy atom. The van der Waals surface area contributed by atoms with Gasteiger partial charge in [0.15, 0.2) is 0 Å². The van der Waals surface area contributed by atoms with Gasteiger partial charge in [0.2, 0.25) is 0 Å². The zero-order valence-electron chi connectivity index (χ0n) is 7.25. The van der Waals surface area contributed by atoms with Crippen molar-refractivity contribution in [3.05, 3.63) is 0 Å². The maximum Gasteiger partial charge on any atom is 0.318 e. The summed E-state index contributed by atoms with van der Waals surface area (Å²) in [5.41, 5.74) is 0. The molecule has 0 atom stereocenters. The molecule has 4 amide bonds. The van der Waals surface area contributed by atoms with Crippen LogP contribution >= 0.6 is 0 Å². The summed E-state index contributed by atoms with van der Waals surface area (Å²) in [5, 5.41) is 5.37. The summed E-state index contributed by atoms with van der Waals surface area (Å²) in [5.74, 6) is 0. The number of amides is 4. The molecule has 13 heavy (non-hydrogen) atoms. The molecule has 2 aliphatic rings. The number of hydrogen-bond donors (Lipinski definition) is 2. The third kappa shape index (κ3) is 1.51. The van der Waals surface area contributed by atoms with E-state index in [1.165, 1.54) is 0 Å². The van der Waals surface area contributed by atoms with Crippen molar-refractivity contribution in [3.63, 3.8) is 0 Å². The van der Waals surface area contributed by atoms with Gasteiger partial charge in [-0.3, -0.25) is 0 Å². The van der Waals surface area contributed by atoms with E-state index in [9.17, 15) is 9.59 Å². The molecular formula is C7H12N4O2. The molecule has 2 fully saturated rings. The standard InChI is InChI=1S/C7H12N4O2/c12-6-8-1-3-10(6)5-11-4-2-9-7(11)13/h1-5H2,(H,8,12)(H,9,13). The van der Waals surface area contributed by atoms with Gasteiger partial charge in [0.05, 0.1) is 6.67 Å². The average molecular weight is 184 g/mol. The van der Waals surface area contributed by atoms with E-state index in [-0.39, 0.29) is 12.1 Å². The minimum absolute atomic E-state index is 0.0836. The molecule has 2 heterocycles. The van der Waals surface area contributed by atoms with Gasteiger partial charge in [-0.05, 0) is 0 Å². The third-order valence-corrected chi connectivity index (χ3v) is 2.23. The van der Waals surface area contributed by atoms with Crippen LogP contribution < -0.4 is 10.6 Å². The largest absolute Gasteiger partial charge is 0.336 e. The molecule has 6 heteroatoms. The molecule has 0 aromatic rings. The van der Waals surface area contributed by atoms with Crippen LogP contribution in [0.5, 0.6) is 0 Å². The lowest BCUT2D eigenvalue weighted by Crippen LogP contribution is -2.41. The number of nitrogens with one attached hydrogen (secondary N) is 2. The molecule has 0 saturated carbocycles. The van der Waals surface area contributed by atoms with Crippen LogP contribution in [0, 0.1) is 0 Å². The number of hydrogen-bond acceptors (Lipinski definition) is 2. The second-order valence-corrected chi connectivity index (χ2v) is 3.13. The van der Waals surface area contributed by atoms with Gasteiger partial charge < -0.3 is 20.4 Å². The van der Waals surface area contributed by atoms with E-state index in [4.69, 9.17) is 0 Å². The Hall–Kier alpha value is -1.46. The van der Waals surface area contributed by atoms with Gasteiger partial charge in [0.25, 0.3) is 0 Å². The Labute approximate surface area is 75.9 Å². The zero-order valence-corrected chi connectivity index (χ0v) is 7.25. The van der Waals surface area contributed by atoms with Crippen molar-refractivity contribution >= 4 is 12.1 Å². The summed E-state index contributed by atoms with van der Waals surface area (Å²) in [6, 6.07) is -0.167. The fourth-order valence-electron chi connectivity index (χ4n) is 1.50. The van der Waals surface area contributed by atoms with Crippen molar-refractivity contribution in [1.29, 1.82) is 0 Å². The number of carbonyl (C=O) groups excluding carboxylic acids is 2. The molecular weight excluding hydrogens is 172 g/mol. The molecule has 0 radical (unpaired) electrons. The fourth-order valence-corrected chi connectivity index (χ4v) is 1.50. The van der Waals surface area contributed by atoms with Crippen molar-refractivity contribution < 1.29 is 9.59 Å². The third-order valence-electron chi connectivity index (χ3n) is 2.23. The zero-order chi connectivity index (χ0) is 9.26. The molecule has 0 aliphatic carbocycles. The van der Waals surface area contributed by atoms with Gasteiger partial charge in [-0.2, -0.15) is 0 Å². The van der Waals surface area contributed by atoms with Crippen molar-refractivity contribution in [1.82, 2.24) is 20.4 Å². The van der Waals surface area contributed by atoms with Crippen LogP contribution in [0.3, 0.4) is 0 Å². The van der Waals surface area contributed by atoms with Gasteiger partial charge in [0.1, 0.15) is 0 Å². The van der Waals surface area contributed by atoms with Crippen LogP contribution in [0.25, 0.3) is 0 Å². The molecule has 0 aromatic heterocycles. The molecule has 2 rings (SSSR count). The monoisotopic (exact) mass is 184 g/mol. The molecule has 0 bridgehead atoms. The topological polar surface area (TPSA) is 64.7 Å². The molecule has 6 nitrogen and oxygen atoms in total. The lowest BCUT2D eigenvalue weighted by atomic mass is 10.6. The Morgan fingerprint density at radius 1 is 1.00 bits per heavy atom. The van der Waals surface area contributed by atoms with Gasteiger partial charge in [-0.15, -0.1) is 0 Å². The summed E-state index contributed by atoms with van der Waals surface area (Å²) < 4.78 is 0. The SMILES string of the molecule is O=C1NCCN1CN1CCNC1=O. The highest BCUT2D eigenvalue weighted by atomic mass is 16.2. The Kier molecular flexibility index (Phi) is 1.96. The number of rotatable bonds is 2. The second-order valence-electron chi connectivity index (χ2n) is 3.13.